The first-order valence-corrected chi connectivity index (χ1v) is 3.62. The largest absolute Gasteiger partial charge is 0.264 e. The summed E-state index contributed by atoms with van der Waals surface area (Å²) >= 11 is 0. The van der Waals surface area contributed by atoms with Crippen LogP contribution in [0.1, 0.15) is 0 Å². The van der Waals surface area contributed by atoms with Crippen LogP contribution in [0.3, 0.4) is 0 Å². The number of nitrogens with zero attached hydrogens (tertiary/aromatic N) is 2. The maximum absolute atomic E-state index is 3.90. The van der Waals surface area contributed by atoms with Gasteiger partial charge in [-0.3, -0.25) is 4.98 Å². The topological polar surface area (TPSA) is 25.8 Å². The second-order valence-corrected chi connectivity index (χ2v) is 2.28. The van der Waals surface area contributed by atoms with E-state index in [1.165, 1.54) is 0 Å². The van der Waals surface area contributed by atoms with Gasteiger partial charge >= 0.3 is 0 Å². The molecule has 0 bridgehead atoms. The summed E-state index contributed by atoms with van der Waals surface area (Å²) in [5.41, 5.74) is 2.17. The van der Waals surface area contributed by atoms with Crippen LogP contribution in [0.25, 0.3) is 11.4 Å². The van der Waals surface area contributed by atoms with Gasteiger partial charge in [0.2, 0.25) is 0 Å². The molecule has 0 fully saturated rings. The summed E-state index contributed by atoms with van der Waals surface area (Å²) in [4.78, 5) is 7.62. The molecule has 1 aliphatic heterocycles. The summed E-state index contributed by atoms with van der Waals surface area (Å²) in [5.74, 6) is 0. The van der Waals surface area contributed by atoms with E-state index in [1.807, 2.05) is 24.3 Å². The Morgan fingerprint density at radius 2 is 2.25 bits per heavy atom. The smallest absolute Gasteiger partial charge is 0.0973 e. The van der Waals surface area contributed by atoms with Gasteiger partial charge in [-0.2, -0.15) is 0 Å². The minimum Gasteiger partial charge on any atom is -0.264 e. The zero-order chi connectivity index (χ0) is 8.23. The van der Waals surface area contributed by atoms with Gasteiger partial charge < -0.3 is 0 Å². The van der Waals surface area contributed by atoms with Crippen molar-refractivity contribution in [1.82, 2.24) is 9.97 Å². The first kappa shape index (κ1) is 6.98. The van der Waals surface area contributed by atoms with Gasteiger partial charge in [0.1, 0.15) is 0 Å². The Balaban J connectivity index is 0.0000000939. The Morgan fingerprint density at radius 1 is 1.25 bits per heavy atom. The van der Waals surface area contributed by atoms with Crippen molar-refractivity contribution in [3.05, 3.63) is 48.8 Å². The molecule has 12 heavy (non-hydrogen) atoms. The second kappa shape index (κ2) is 3.13. The molecule has 0 saturated carbocycles. The minimum absolute atomic E-state index is 1.05. The number of fused-ring (bicyclic) bond motifs is 1. The van der Waals surface area contributed by atoms with Crippen LogP contribution in [0.4, 0.5) is 0 Å². The average molecular weight is 154 g/mol. The molecule has 0 aromatic carbocycles. The van der Waals surface area contributed by atoms with Crippen LogP contribution in [-0.2, 0) is 0 Å². The highest BCUT2D eigenvalue weighted by molar-refractivity contribution is 5.66. The summed E-state index contributed by atoms with van der Waals surface area (Å²) in [6.45, 7) is 0. The molecular weight excluding hydrogens is 148 g/mol. The van der Waals surface area contributed by atoms with Crippen LogP contribution < -0.4 is 0 Å². The van der Waals surface area contributed by atoms with Crippen molar-refractivity contribution in [2.24, 2.45) is 0 Å². The molecule has 2 nitrogen and oxygen atoms in total. The third-order valence-electron chi connectivity index (χ3n) is 1.40. The summed E-state index contributed by atoms with van der Waals surface area (Å²) in [5, 5.41) is 0. The number of hydrogen-bond donors (Lipinski definition) is 0. The number of hydrogen-bond acceptors (Lipinski definition) is 2. The first-order valence-electron chi connectivity index (χ1n) is 3.62. The van der Waals surface area contributed by atoms with Crippen molar-refractivity contribution in [3.8, 4) is 11.4 Å². The van der Waals surface area contributed by atoms with E-state index in [2.05, 4.69) is 22.1 Å². The maximum atomic E-state index is 3.90. The SMILES string of the molecule is [c]1ccc2nc1-2.[c]1cccnc1. The summed E-state index contributed by atoms with van der Waals surface area (Å²) in [6, 6.07) is 13.2. The van der Waals surface area contributed by atoms with Crippen molar-refractivity contribution in [3.63, 3.8) is 0 Å². The van der Waals surface area contributed by atoms with Crippen LogP contribution in [0.15, 0.2) is 36.7 Å². The Labute approximate surface area is 70.9 Å². The van der Waals surface area contributed by atoms with Crippen LogP contribution in [0, 0.1) is 12.1 Å². The van der Waals surface area contributed by atoms with E-state index in [9.17, 15) is 0 Å². The third-order valence-corrected chi connectivity index (χ3v) is 1.40. The van der Waals surface area contributed by atoms with E-state index >= 15 is 0 Å². The van der Waals surface area contributed by atoms with Crippen molar-refractivity contribution in [1.29, 1.82) is 0 Å². The molecule has 2 aliphatic rings. The summed E-state index contributed by atoms with van der Waals surface area (Å²) < 4.78 is 0. The second-order valence-electron chi connectivity index (χ2n) is 2.28. The van der Waals surface area contributed by atoms with Gasteiger partial charge in [-0.1, -0.05) is 6.07 Å². The molecule has 1 aliphatic carbocycles. The van der Waals surface area contributed by atoms with Crippen LogP contribution in [-0.4, -0.2) is 9.97 Å². The lowest BCUT2D eigenvalue weighted by Gasteiger charge is -1.69. The van der Waals surface area contributed by atoms with Crippen LogP contribution >= 0.6 is 0 Å². The number of aromatic nitrogens is 2. The molecule has 2 heteroatoms. The van der Waals surface area contributed by atoms with Crippen molar-refractivity contribution >= 4 is 0 Å². The lowest BCUT2D eigenvalue weighted by atomic mass is 10.5. The summed E-state index contributed by atoms with van der Waals surface area (Å²) in [6.07, 6.45) is 3.34. The summed E-state index contributed by atoms with van der Waals surface area (Å²) in [7, 11) is 0. The van der Waals surface area contributed by atoms with Crippen molar-refractivity contribution in [2.45, 2.75) is 0 Å². The molecule has 0 spiro atoms. The molecule has 1 aromatic heterocycles. The molecule has 56 valence electrons. The van der Waals surface area contributed by atoms with Crippen molar-refractivity contribution < 1.29 is 0 Å². The zero-order valence-corrected chi connectivity index (χ0v) is 6.36. The van der Waals surface area contributed by atoms with Crippen LogP contribution in [0.5, 0.6) is 0 Å². The molecule has 0 saturated heterocycles. The molecule has 2 heterocycles. The normalized spacial score (nSPS) is 9.67. The van der Waals surface area contributed by atoms with E-state index < -0.39 is 0 Å². The highest BCUT2D eigenvalue weighted by Crippen LogP contribution is 2.24. The van der Waals surface area contributed by atoms with Gasteiger partial charge in [-0.25, -0.2) is 4.98 Å². The first-order chi connectivity index (χ1) is 5.97. The van der Waals surface area contributed by atoms with E-state index in [0.29, 0.717) is 0 Å². The van der Waals surface area contributed by atoms with Gasteiger partial charge in [-0.05, 0) is 18.2 Å². The predicted molar refractivity (Wildman–Crippen MR) is 45.1 cm³/mol. The van der Waals surface area contributed by atoms with Gasteiger partial charge in [0, 0.05) is 24.5 Å². The fraction of sp³-hybridized carbons (Fsp3) is 0. The average Bonchev–Trinajstić information content (AvgIpc) is 2.78. The third kappa shape index (κ3) is 1.66. The van der Waals surface area contributed by atoms with Gasteiger partial charge in [0.15, 0.2) is 0 Å². The van der Waals surface area contributed by atoms with E-state index in [1.54, 1.807) is 12.4 Å². The fourth-order valence-corrected chi connectivity index (χ4v) is 0.792. The lowest BCUT2D eigenvalue weighted by Crippen LogP contribution is -1.59. The maximum Gasteiger partial charge on any atom is 0.0973 e. The van der Waals surface area contributed by atoms with E-state index in [0.717, 1.165) is 11.4 Å². The predicted octanol–water partition coefficient (Wildman–Crippen LogP) is 1.74. The van der Waals surface area contributed by atoms with E-state index in [4.69, 9.17) is 0 Å². The quantitative estimate of drug-likeness (QED) is 0.493. The number of pyridine rings is 2. The molecule has 0 unspecified atom stereocenters. The van der Waals surface area contributed by atoms with E-state index in [-0.39, 0.29) is 0 Å². The molecule has 0 amide bonds. The molecule has 2 radical (unpaired) electrons. The number of rotatable bonds is 0. The fourth-order valence-electron chi connectivity index (χ4n) is 0.792. The van der Waals surface area contributed by atoms with Crippen LogP contribution in [0.2, 0.25) is 0 Å². The molecule has 3 rings (SSSR count). The Hall–Kier alpha value is -1.70. The molecule has 1 aromatic rings. The van der Waals surface area contributed by atoms with Gasteiger partial charge in [0.05, 0.1) is 11.4 Å². The highest BCUT2D eigenvalue weighted by Gasteiger charge is 2.11. The monoisotopic (exact) mass is 154 g/mol. The molecular formula is C10H6N2. The molecule has 0 N–H and O–H groups in total. The lowest BCUT2D eigenvalue weighted by molar-refractivity contribution is 1.32. The highest BCUT2D eigenvalue weighted by atomic mass is 14.9. The Kier molecular flexibility index (Phi) is 1.82. The standard InChI is InChI=1S/C5H2N.C5H4N/c1-2-4-5(3-1)6-4;1-2-4-6-5-3-1/h1-2H;1-2,4-5H. The van der Waals surface area contributed by atoms with Crippen molar-refractivity contribution in [2.75, 3.05) is 0 Å². The zero-order valence-electron chi connectivity index (χ0n) is 6.36. The van der Waals surface area contributed by atoms with Gasteiger partial charge in [0.25, 0.3) is 0 Å². The minimum atomic E-state index is 1.05. The Bertz CT molecular complexity index is 313. The Morgan fingerprint density at radius 3 is 2.42 bits per heavy atom. The van der Waals surface area contributed by atoms with Gasteiger partial charge in [-0.15, -0.1) is 0 Å². The molecule has 0 atom stereocenters.